The number of aromatic nitrogens is 3. The summed E-state index contributed by atoms with van der Waals surface area (Å²) in [4.78, 5) is 23.0. The molecule has 0 saturated carbocycles. The maximum absolute atomic E-state index is 12.8. The van der Waals surface area contributed by atoms with Gasteiger partial charge < -0.3 is 9.84 Å². The lowest BCUT2D eigenvalue weighted by atomic mass is 10.0. The topological polar surface area (TPSA) is 105 Å². The second-order valence-electron chi connectivity index (χ2n) is 9.80. The highest BCUT2D eigenvalue weighted by Crippen LogP contribution is 2.35. The molecule has 3 aromatic carbocycles. The van der Waals surface area contributed by atoms with E-state index in [2.05, 4.69) is 25.1 Å². The van der Waals surface area contributed by atoms with Crippen molar-refractivity contribution in [1.82, 2.24) is 20.1 Å². The van der Waals surface area contributed by atoms with E-state index in [9.17, 15) is 23.1 Å². The monoisotopic (exact) mass is 630 g/mol. The number of alkyl halides is 3. The van der Waals surface area contributed by atoms with Crippen molar-refractivity contribution in [2.24, 2.45) is 4.99 Å². The van der Waals surface area contributed by atoms with Crippen molar-refractivity contribution in [1.29, 1.82) is 0 Å². The van der Waals surface area contributed by atoms with Crippen LogP contribution in [0.5, 0.6) is 5.75 Å². The molecule has 1 amide bonds. The van der Waals surface area contributed by atoms with E-state index in [1.165, 1.54) is 51.9 Å². The van der Waals surface area contributed by atoms with Gasteiger partial charge in [-0.3, -0.25) is 15.0 Å². The van der Waals surface area contributed by atoms with Crippen LogP contribution >= 0.6 is 23.4 Å². The van der Waals surface area contributed by atoms with Gasteiger partial charge in [-0.15, -0.1) is 18.3 Å². The summed E-state index contributed by atoms with van der Waals surface area (Å²) in [6, 6.07) is 18.0. The number of rotatable bonds is 9. The molecule has 14 heteroatoms. The Balaban J connectivity index is 1.26. The minimum atomic E-state index is -4.77. The summed E-state index contributed by atoms with van der Waals surface area (Å²) in [6.07, 6.45) is -4.60. The third-order valence-corrected chi connectivity index (χ3v) is 7.53. The fourth-order valence-corrected chi connectivity index (χ4v) is 5.44. The lowest BCUT2D eigenvalue weighted by molar-refractivity contribution is -0.274. The zero-order chi connectivity index (χ0) is 30.7. The zero-order valence-electron chi connectivity index (χ0n) is 22.9. The van der Waals surface area contributed by atoms with Gasteiger partial charge in [0.05, 0.1) is 17.1 Å². The van der Waals surface area contributed by atoms with E-state index in [4.69, 9.17) is 11.6 Å². The Morgan fingerprint density at radius 3 is 2.63 bits per heavy atom. The molecule has 1 fully saturated rings. The number of aliphatic hydroxyl groups excluding tert-OH is 1. The number of ether oxygens (including phenoxy) is 1. The van der Waals surface area contributed by atoms with Gasteiger partial charge in [0, 0.05) is 17.1 Å². The van der Waals surface area contributed by atoms with E-state index < -0.39 is 12.7 Å². The molecule has 1 saturated heterocycles. The van der Waals surface area contributed by atoms with E-state index in [1.54, 1.807) is 12.1 Å². The van der Waals surface area contributed by atoms with Crippen molar-refractivity contribution < 1.29 is 27.8 Å². The number of nitrogens with one attached hydrogen (secondary N) is 1. The molecule has 1 unspecified atom stereocenters. The second kappa shape index (κ2) is 12.8. The number of benzene rings is 3. The third kappa shape index (κ3) is 7.54. The number of hydrogen-bond donors (Lipinski definition) is 2. The second-order valence-corrected chi connectivity index (χ2v) is 11.2. The predicted molar refractivity (Wildman–Crippen MR) is 159 cm³/mol. The Bertz CT molecular complexity index is 1650. The number of carbonyl (C=O) groups is 1. The molecular formula is C29H26ClF3N6O3S. The zero-order valence-corrected chi connectivity index (χ0v) is 24.5. The average molecular weight is 631 g/mol. The molecule has 0 bridgehead atoms. The lowest BCUT2D eigenvalue weighted by Gasteiger charge is -2.22. The molecule has 0 radical (unpaired) electrons. The van der Waals surface area contributed by atoms with Gasteiger partial charge in [0.2, 0.25) is 12.3 Å². The van der Waals surface area contributed by atoms with Crippen molar-refractivity contribution in [2.45, 2.75) is 39.0 Å². The average Bonchev–Trinajstić information content (AvgIpc) is 3.58. The van der Waals surface area contributed by atoms with Gasteiger partial charge >= 0.3 is 6.36 Å². The van der Waals surface area contributed by atoms with Crippen LogP contribution in [0.3, 0.4) is 0 Å². The first-order chi connectivity index (χ1) is 20.5. The molecule has 2 N–H and O–H groups in total. The SMILES string of the molecule is CC(C)c1ccc(Cl)cc1N1C(=O)CSC1=NC(O)NCc1cccc(-c2ncn(-c3ccc(OC(F)(F)F)cc3)n2)c1. The van der Waals surface area contributed by atoms with Gasteiger partial charge in [-0.2, -0.15) is 0 Å². The Morgan fingerprint density at radius 1 is 1.14 bits per heavy atom. The summed E-state index contributed by atoms with van der Waals surface area (Å²) < 4.78 is 42.6. The quantitative estimate of drug-likeness (QED) is 0.215. The number of halogens is 4. The van der Waals surface area contributed by atoms with Crippen molar-refractivity contribution >= 4 is 40.1 Å². The summed E-state index contributed by atoms with van der Waals surface area (Å²) >= 11 is 7.48. The molecule has 1 aliphatic heterocycles. The Morgan fingerprint density at radius 2 is 1.91 bits per heavy atom. The van der Waals surface area contributed by atoms with Crippen molar-refractivity contribution in [3.8, 4) is 22.8 Å². The molecule has 0 aliphatic carbocycles. The highest BCUT2D eigenvalue weighted by molar-refractivity contribution is 8.15. The molecule has 0 spiro atoms. The molecular weight excluding hydrogens is 605 g/mol. The molecule has 4 aromatic rings. The van der Waals surface area contributed by atoms with Gasteiger partial charge in [-0.25, -0.2) is 14.7 Å². The first kappa shape index (κ1) is 30.5. The summed E-state index contributed by atoms with van der Waals surface area (Å²) in [7, 11) is 0. The van der Waals surface area contributed by atoms with E-state index in [1.807, 2.05) is 44.2 Å². The van der Waals surface area contributed by atoms with Crippen LogP contribution in [0.2, 0.25) is 5.02 Å². The molecule has 5 rings (SSSR count). The van der Waals surface area contributed by atoms with Crippen molar-refractivity contribution in [3.05, 3.63) is 89.2 Å². The molecule has 9 nitrogen and oxygen atoms in total. The van der Waals surface area contributed by atoms with E-state index in [0.29, 0.717) is 33.0 Å². The Kier molecular flexibility index (Phi) is 9.06. The minimum absolute atomic E-state index is 0.140. The number of thioether (sulfide) groups is 1. The molecule has 2 heterocycles. The van der Waals surface area contributed by atoms with Gasteiger partial charge in [0.25, 0.3) is 0 Å². The molecule has 1 aromatic heterocycles. The number of carbonyl (C=O) groups excluding carboxylic acids is 1. The highest BCUT2D eigenvalue weighted by Gasteiger charge is 2.33. The molecule has 43 heavy (non-hydrogen) atoms. The standard InChI is InChI=1S/C29H26ClF3N6O3S/c1-17(2)23-11-6-20(30)13-24(23)39-25(40)15-43-28(39)36-27(41)34-14-18-4-3-5-19(12-18)26-35-16-38(37-26)21-7-9-22(10-8-21)42-29(31,32)33/h3-13,16-17,27,34,41H,14-15H2,1-2H3. The minimum Gasteiger partial charge on any atom is -0.406 e. The largest absolute Gasteiger partial charge is 0.573 e. The fraction of sp³-hybridized carbons (Fsp3) is 0.241. The van der Waals surface area contributed by atoms with Crippen LogP contribution in [-0.2, 0) is 11.3 Å². The van der Waals surface area contributed by atoms with E-state index in [-0.39, 0.29) is 29.9 Å². The third-order valence-electron chi connectivity index (χ3n) is 6.35. The lowest BCUT2D eigenvalue weighted by Crippen LogP contribution is -2.34. The maximum Gasteiger partial charge on any atom is 0.573 e. The van der Waals surface area contributed by atoms with Gasteiger partial charge in [0.1, 0.15) is 12.1 Å². The van der Waals surface area contributed by atoms with Gasteiger partial charge in [-0.05, 0) is 59.5 Å². The molecule has 224 valence electrons. The van der Waals surface area contributed by atoms with Crippen LogP contribution in [0, 0.1) is 0 Å². The Hall–Kier alpha value is -3.91. The normalized spacial score (nSPS) is 15.5. The van der Waals surface area contributed by atoms with Gasteiger partial charge in [0.15, 0.2) is 11.0 Å². The highest BCUT2D eigenvalue weighted by atomic mass is 35.5. The van der Waals surface area contributed by atoms with Gasteiger partial charge in [-0.1, -0.05) is 61.5 Å². The summed E-state index contributed by atoms with van der Waals surface area (Å²) in [5.41, 5.74) is 3.60. The first-order valence-electron chi connectivity index (χ1n) is 13.1. The Labute approximate surface area is 254 Å². The smallest absolute Gasteiger partial charge is 0.406 e. The fourth-order valence-electron chi connectivity index (χ4n) is 4.39. The van der Waals surface area contributed by atoms with Crippen LogP contribution in [0.25, 0.3) is 17.1 Å². The predicted octanol–water partition coefficient (Wildman–Crippen LogP) is 6.11. The first-order valence-corrected chi connectivity index (χ1v) is 14.4. The van der Waals surface area contributed by atoms with Crippen LogP contribution in [0.4, 0.5) is 18.9 Å². The summed E-state index contributed by atoms with van der Waals surface area (Å²) in [6.45, 7) is 4.30. The van der Waals surface area contributed by atoms with Crippen LogP contribution in [0.15, 0.2) is 78.0 Å². The van der Waals surface area contributed by atoms with Crippen molar-refractivity contribution in [3.63, 3.8) is 0 Å². The number of anilines is 1. The number of aliphatic hydroxyl groups is 1. The van der Waals surface area contributed by atoms with E-state index >= 15 is 0 Å². The van der Waals surface area contributed by atoms with Crippen LogP contribution < -0.4 is 15.0 Å². The van der Waals surface area contributed by atoms with Crippen LogP contribution in [-0.4, -0.2) is 49.4 Å². The van der Waals surface area contributed by atoms with Crippen molar-refractivity contribution in [2.75, 3.05) is 10.7 Å². The molecule has 1 atom stereocenters. The number of nitrogens with zero attached hydrogens (tertiary/aromatic N) is 5. The number of aliphatic imine (C=N–C) groups is 1. The van der Waals surface area contributed by atoms with E-state index in [0.717, 1.165) is 11.1 Å². The number of amides is 1. The maximum atomic E-state index is 12.8. The van der Waals surface area contributed by atoms with Crippen LogP contribution in [0.1, 0.15) is 30.9 Å². The number of amidine groups is 1. The molecule has 1 aliphatic rings. The summed E-state index contributed by atoms with van der Waals surface area (Å²) in [5.74, 6) is 0.256. The number of hydrogen-bond acceptors (Lipinski definition) is 8. The summed E-state index contributed by atoms with van der Waals surface area (Å²) in [5, 5.41) is 18.9.